The van der Waals surface area contributed by atoms with Crippen molar-refractivity contribution in [2.75, 3.05) is 13.7 Å². The van der Waals surface area contributed by atoms with E-state index in [0.717, 1.165) is 12.8 Å². The molecule has 0 saturated heterocycles. The zero-order valence-electron chi connectivity index (χ0n) is 12.8. The predicted octanol–water partition coefficient (Wildman–Crippen LogP) is 1.66. The summed E-state index contributed by atoms with van der Waals surface area (Å²) in [6.07, 6.45) is 2.65. The smallest absolute Gasteiger partial charge is 0.241 e. The Morgan fingerprint density at radius 2 is 2.05 bits per heavy atom. The van der Waals surface area contributed by atoms with Crippen molar-refractivity contribution in [2.45, 2.75) is 43.5 Å². The van der Waals surface area contributed by atoms with Gasteiger partial charge < -0.3 is 10.5 Å². The number of benzene rings is 1. The fourth-order valence-electron chi connectivity index (χ4n) is 2.59. The van der Waals surface area contributed by atoms with Crippen LogP contribution in [0.25, 0.3) is 0 Å². The summed E-state index contributed by atoms with van der Waals surface area (Å²) in [5.41, 5.74) is 5.87. The molecule has 1 aromatic rings. The van der Waals surface area contributed by atoms with Gasteiger partial charge in [-0.05, 0) is 69.3 Å². The third-order valence-corrected chi connectivity index (χ3v) is 5.74. The molecule has 0 aromatic heterocycles. The molecule has 0 aliphatic heterocycles. The van der Waals surface area contributed by atoms with E-state index >= 15 is 0 Å². The van der Waals surface area contributed by atoms with Gasteiger partial charge in [-0.1, -0.05) is 0 Å². The van der Waals surface area contributed by atoms with Gasteiger partial charge in [0.15, 0.2) is 0 Å². The molecule has 0 heterocycles. The highest BCUT2D eigenvalue weighted by molar-refractivity contribution is 7.89. The highest BCUT2D eigenvalue weighted by Gasteiger charge is 2.40. The van der Waals surface area contributed by atoms with E-state index in [4.69, 9.17) is 10.5 Å². The van der Waals surface area contributed by atoms with Crippen LogP contribution in [0.2, 0.25) is 0 Å². The quantitative estimate of drug-likeness (QED) is 0.802. The Hall–Kier alpha value is -1.11. The van der Waals surface area contributed by atoms with Crippen LogP contribution in [0.3, 0.4) is 0 Å². The first-order chi connectivity index (χ1) is 9.80. The summed E-state index contributed by atoms with van der Waals surface area (Å²) in [5, 5.41) is 0. The predicted molar refractivity (Wildman–Crippen MR) is 82.9 cm³/mol. The molecule has 0 unspecified atom stereocenters. The highest BCUT2D eigenvalue weighted by atomic mass is 32.2. The van der Waals surface area contributed by atoms with Crippen molar-refractivity contribution in [1.82, 2.24) is 4.72 Å². The van der Waals surface area contributed by atoms with Gasteiger partial charge in [0.05, 0.1) is 12.0 Å². The summed E-state index contributed by atoms with van der Waals surface area (Å²) < 4.78 is 33.4. The molecule has 0 amide bonds. The van der Waals surface area contributed by atoms with Gasteiger partial charge in [0.2, 0.25) is 10.0 Å². The summed E-state index contributed by atoms with van der Waals surface area (Å²) in [7, 11) is -2.00. The molecule has 0 atom stereocenters. The van der Waals surface area contributed by atoms with Crippen molar-refractivity contribution in [3.05, 3.63) is 23.8 Å². The number of sulfonamides is 1. The normalized spacial score (nSPS) is 16.0. The van der Waals surface area contributed by atoms with Crippen molar-refractivity contribution >= 4 is 10.0 Å². The second-order valence-corrected chi connectivity index (χ2v) is 7.76. The molecule has 6 heteroatoms. The molecule has 0 bridgehead atoms. The first-order valence-corrected chi connectivity index (χ1v) is 8.69. The number of hydrogen-bond donors (Lipinski definition) is 2. The third kappa shape index (κ3) is 3.75. The summed E-state index contributed by atoms with van der Waals surface area (Å²) in [6.45, 7) is 4.27. The minimum Gasteiger partial charge on any atom is -0.497 e. The molecule has 1 aliphatic rings. The van der Waals surface area contributed by atoms with Gasteiger partial charge >= 0.3 is 0 Å². The minimum atomic E-state index is -3.56. The lowest BCUT2D eigenvalue weighted by atomic mass is 10.0. The molecule has 3 N–H and O–H groups in total. The van der Waals surface area contributed by atoms with Crippen molar-refractivity contribution < 1.29 is 13.2 Å². The van der Waals surface area contributed by atoms with Crippen LogP contribution in [0.15, 0.2) is 23.1 Å². The summed E-state index contributed by atoms with van der Waals surface area (Å²) in [5.74, 6) is 1.06. The first-order valence-electron chi connectivity index (χ1n) is 7.21. The van der Waals surface area contributed by atoms with E-state index in [2.05, 4.69) is 4.72 Å². The molecule has 21 heavy (non-hydrogen) atoms. The summed E-state index contributed by atoms with van der Waals surface area (Å²) >= 11 is 0. The number of ether oxygens (including phenoxy) is 1. The van der Waals surface area contributed by atoms with Crippen LogP contribution in [0.4, 0.5) is 0 Å². The monoisotopic (exact) mass is 312 g/mol. The van der Waals surface area contributed by atoms with Gasteiger partial charge in [-0.15, -0.1) is 0 Å². The second-order valence-electron chi connectivity index (χ2n) is 6.11. The van der Waals surface area contributed by atoms with Crippen LogP contribution in [-0.4, -0.2) is 27.6 Å². The second kappa shape index (κ2) is 5.94. The van der Waals surface area contributed by atoms with E-state index in [9.17, 15) is 8.42 Å². The van der Waals surface area contributed by atoms with Crippen molar-refractivity contribution in [3.63, 3.8) is 0 Å². The zero-order chi connectivity index (χ0) is 15.7. The maximum absolute atomic E-state index is 12.7. The highest BCUT2D eigenvalue weighted by Crippen LogP contribution is 2.40. The number of methoxy groups -OCH3 is 1. The van der Waals surface area contributed by atoms with Gasteiger partial charge in [0.1, 0.15) is 5.75 Å². The van der Waals surface area contributed by atoms with E-state index in [1.165, 1.54) is 0 Å². The molecule has 0 spiro atoms. The molecule has 118 valence electrons. The molecule has 5 nitrogen and oxygen atoms in total. The zero-order valence-corrected chi connectivity index (χ0v) is 13.7. The average Bonchev–Trinajstić information content (AvgIpc) is 3.22. The van der Waals surface area contributed by atoms with Crippen LogP contribution < -0.4 is 15.2 Å². The maximum atomic E-state index is 12.7. The Morgan fingerprint density at radius 1 is 1.38 bits per heavy atom. The topological polar surface area (TPSA) is 81.4 Å². The number of rotatable bonds is 7. The third-order valence-electron chi connectivity index (χ3n) is 3.97. The van der Waals surface area contributed by atoms with Gasteiger partial charge in [-0.2, -0.15) is 0 Å². The lowest BCUT2D eigenvalue weighted by Gasteiger charge is -2.26. The van der Waals surface area contributed by atoms with E-state index in [1.807, 2.05) is 13.8 Å². The lowest BCUT2D eigenvalue weighted by Crippen LogP contribution is -2.45. The fraction of sp³-hybridized carbons (Fsp3) is 0.600. The Morgan fingerprint density at radius 3 is 2.57 bits per heavy atom. The van der Waals surface area contributed by atoms with Crippen molar-refractivity contribution in [1.29, 1.82) is 0 Å². The molecule has 0 radical (unpaired) electrons. The molecular formula is C15H24N2O3S. The van der Waals surface area contributed by atoms with Crippen LogP contribution in [0.1, 0.15) is 32.3 Å². The van der Waals surface area contributed by atoms with Gasteiger partial charge in [0.25, 0.3) is 0 Å². The number of nitrogens with two attached hydrogens (primary N) is 1. The van der Waals surface area contributed by atoms with Crippen LogP contribution in [-0.2, 0) is 16.4 Å². The molecule has 1 fully saturated rings. The number of nitrogens with one attached hydrogen (secondary N) is 1. The van der Waals surface area contributed by atoms with Gasteiger partial charge in [-0.3, -0.25) is 0 Å². The first kappa shape index (κ1) is 16.3. The van der Waals surface area contributed by atoms with Crippen LogP contribution in [0, 0.1) is 5.92 Å². The number of hydrogen-bond acceptors (Lipinski definition) is 4. The molecule has 1 saturated carbocycles. The Bertz CT molecular complexity index is 607. The largest absolute Gasteiger partial charge is 0.497 e. The van der Waals surface area contributed by atoms with E-state index in [0.29, 0.717) is 35.1 Å². The average molecular weight is 312 g/mol. The fourth-order valence-corrected chi connectivity index (χ4v) is 4.31. The molecule has 2 rings (SSSR count). The maximum Gasteiger partial charge on any atom is 0.241 e. The Labute approximate surface area is 126 Å². The Balaban J connectivity index is 2.34. The summed E-state index contributed by atoms with van der Waals surface area (Å²) in [6, 6.07) is 5.00. The standard InChI is InChI=1S/C15H24N2O3S/c1-15(2,12-4-5-12)17-21(18,19)14-7-6-13(20-3)10-11(14)8-9-16/h6-7,10,12,17H,4-5,8-9,16H2,1-3H3. The van der Waals surface area contributed by atoms with Crippen molar-refractivity contribution in [3.8, 4) is 5.75 Å². The Kier molecular flexibility index (Phi) is 4.60. The van der Waals surface area contributed by atoms with E-state index in [1.54, 1.807) is 25.3 Å². The van der Waals surface area contributed by atoms with Crippen LogP contribution >= 0.6 is 0 Å². The van der Waals surface area contributed by atoms with Crippen LogP contribution in [0.5, 0.6) is 5.75 Å². The van der Waals surface area contributed by atoms with Crippen molar-refractivity contribution in [2.24, 2.45) is 11.7 Å². The van der Waals surface area contributed by atoms with Gasteiger partial charge in [-0.25, -0.2) is 13.1 Å². The molecule has 1 aliphatic carbocycles. The van der Waals surface area contributed by atoms with E-state index in [-0.39, 0.29) is 0 Å². The lowest BCUT2D eigenvalue weighted by molar-refractivity contribution is 0.400. The molecular weight excluding hydrogens is 288 g/mol. The van der Waals surface area contributed by atoms with Gasteiger partial charge in [0, 0.05) is 5.54 Å². The van der Waals surface area contributed by atoms with E-state index < -0.39 is 15.6 Å². The SMILES string of the molecule is COc1ccc(S(=O)(=O)NC(C)(C)C2CC2)c(CCN)c1. The molecule has 1 aromatic carbocycles. The summed E-state index contributed by atoms with van der Waals surface area (Å²) in [4.78, 5) is 0.294. The minimum absolute atomic E-state index is 0.294.